The first-order valence-corrected chi connectivity index (χ1v) is 6.09. The van der Waals surface area contributed by atoms with Gasteiger partial charge in [-0.05, 0) is 24.3 Å². The lowest BCUT2D eigenvalue weighted by Gasteiger charge is -2.29. The number of aliphatic hydroxyl groups excluding tert-OH is 2. The summed E-state index contributed by atoms with van der Waals surface area (Å²) in [5, 5.41) is 30.1. The molecule has 0 radical (unpaired) electrons. The van der Waals surface area contributed by atoms with Crippen LogP contribution in [0.5, 0.6) is 0 Å². The number of aromatic carboxylic acids is 1. The second-order valence-electron chi connectivity index (χ2n) is 4.56. The molecule has 108 valence electrons. The highest BCUT2D eigenvalue weighted by Crippen LogP contribution is 2.17. The summed E-state index contributed by atoms with van der Waals surface area (Å²) in [6, 6.07) is 5.68. The summed E-state index contributed by atoms with van der Waals surface area (Å²) >= 11 is 0. The molecule has 0 aromatic heterocycles. The third-order valence-corrected chi connectivity index (χ3v) is 3.06. The van der Waals surface area contributed by atoms with Gasteiger partial charge in [0.15, 0.2) is 0 Å². The fraction of sp³-hybridized carbons (Fsp3) is 0.385. The largest absolute Gasteiger partial charge is 0.478 e. The Morgan fingerprint density at radius 2 is 1.80 bits per heavy atom. The molecule has 0 aliphatic carbocycles. The second-order valence-corrected chi connectivity index (χ2v) is 4.56. The van der Waals surface area contributed by atoms with Crippen LogP contribution in [0.15, 0.2) is 24.3 Å². The normalized spacial score (nSPS) is 26.0. The second kappa shape index (κ2) is 6.00. The molecule has 0 bridgehead atoms. The number of rotatable bonds is 3. The van der Waals surface area contributed by atoms with Crippen molar-refractivity contribution in [2.24, 2.45) is 0 Å². The maximum absolute atomic E-state index is 11.9. The minimum Gasteiger partial charge on any atom is -0.478 e. The molecule has 7 heteroatoms. The van der Waals surface area contributed by atoms with E-state index in [1.165, 1.54) is 24.3 Å². The Kier molecular flexibility index (Phi) is 4.33. The van der Waals surface area contributed by atoms with Crippen LogP contribution < -0.4 is 5.32 Å². The number of amides is 1. The fourth-order valence-corrected chi connectivity index (χ4v) is 1.87. The summed E-state index contributed by atoms with van der Waals surface area (Å²) in [6.07, 6.45) is -2.80. The molecule has 1 saturated heterocycles. The van der Waals surface area contributed by atoms with Crippen molar-refractivity contribution in [3.8, 4) is 0 Å². The number of anilines is 1. The monoisotopic (exact) mass is 281 g/mol. The van der Waals surface area contributed by atoms with Gasteiger partial charge in [0, 0.05) is 12.1 Å². The van der Waals surface area contributed by atoms with Gasteiger partial charge in [0.1, 0.15) is 12.2 Å². The van der Waals surface area contributed by atoms with E-state index >= 15 is 0 Å². The molecule has 1 amide bonds. The highest BCUT2D eigenvalue weighted by atomic mass is 16.5. The minimum absolute atomic E-state index is 0.0141. The molecule has 1 aromatic rings. The maximum Gasteiger partial charge on any atom is 0.335 e. The van der Waals surface area contributed by atoms with E-state index in [-0.39, 0.29) is 18.6 Å². The van der Waals surface area contributed by atoms with Crippen LogP contribution in [0.4, 0.5) is 5.69 Å². The first-order chi connectivity index (χ1) is 9.47. The van der Waals surface area contributed by atoms with E-state index in [9.17, 15) is 19.8 Å². The number of aliphatic hydroxyl groups is 2. The molecule has 2 rings (SSSR count). The van der Waals surface area contributed by atoms with Crippen molar-refractivity contribution in [3.63, 3.8) is 0 Å². The Labute approximate surface area is 114 Å². The Balaban J connectivity index is 1.96. The molecular formula is C13H15NO6. The number of nitrogens with one attached hydrogen (secondary N) is 1. The molecular weight excluding hydrogens is 266 g/mol. The molecule has 1 aliphatic rings. The number of carbonyl (C=O) groups excluding carboxylic acids is 1. The number of carbonyl (C=O) groups is 2. The first-order valence-electron chi connectivity index (χ1n) is 6.09. The van der Waals surface area contributed by atoms with Gasteiger partial charge in [-0.25, -0.2) is 4.79 Å². The number of carboxylic acids is 1. The summed E-state index contributed by atoms with van der Waals surface area (Å²) < 4.78 is 5.14. The van der Waals surface area contributed by atoms with Gasteiger partial charge in [0.05, 0.1) is 18.3 Å². The summed E-state index contributed by atoms with van der Waals surface area (Å²) in [5.41, 5.74) is 0.555. The lowest BCUT2D eigenvalue weighted by atomic mass is 10.0. The van der Waals surface area contributed by atoms with Crippen LogP contribution in [0, 0.1) is 0 Å². The standard InChI is InChI=1S/C13H15NO6/c15-9-5-11(20-6-10(9)16)12(17)14-8-3-1-7(2-4-8)13(18)19/h1-4,9-11,15-16H,5-6H2,(H,14,17)(H,18,19)/t9-,10+,11-/m0/s1. The number of benzene rings is 1. The molecule has 1 aliphatic heterocycles. The molecule has 1 aromatic carbocycles. The smallest absolute Gasteiger partial charge is 0.335 e. The highest BCUT2D eigenvalue weighted by molar-refractivity contribution is 5.95. The van der Waals surface area contributed by atoms with Gasteiger partial charge in [-0.3, -0.25) is 4.79 Å². The van der Waals surface area contributed by atoms with Crippen LogP contribution >= 0.6 is 0 Å². The van der Waals surface area contributed by atoms with Gasteiger partial charge >= 0.3 is 5.97 Å². The van der Waals surface area contributed by atoms with Gasteiger partial charge in [-0.15, -0.1) is 0 Å². The van der Waals surface area contributed by atoms with Crippen LogP contribution in [0.25, 0.3) is 0 Å². The minimum atomic E-state index is -1.05. The third-order valence-electron chi connectivity index (χ3n) is 3.06. The van der Waals surface area contributed by atoms with Crippen molar-refractivity contribution >= 4 is 17.6 Å². The van der Waals surface area contributed by atoms with E-state index in [1.54, 1.807) is 0 Å². The number of carboxylic acid groups (broad SMARTS) is 1. The Hall–Kier alpha value is -1.96. The molecule has 4 N–H and O–H groups in total. The predicted molar refractivity (Wildman–Crippen MR) is 68.4 cm³/mol. The number of ether oxygens (including phenoxy) is 1. The van der Waals surface area contributed by atoms with E-state index in [4.69, 9.17) is 9.84 Å². The average molecular weight is 281 g/mol. The highest BCUT2D eigenvalue weighted by Gasteiger charge is 2.32. The first kappa shape index (κ1) is 14.4. The summed E-state index contributed by atoms with van der Waals surface area (Å²) in [5.74, 6) is -1.49. The lowest BCUT2D eigenvalue weighted by molar-refractivity contribution is -0.149. The SMILES string of the molecule is O=C(O)c1ccc(NC(=O)[C@@H]2C[C@H](O)[C@H](O)CO2)cc1. The van der Waals surface area contributed by atoms with Crippen molar-refractivity contribution < 1.29 is 29.6 Å². The molecule has 7 nitrogen and oxygen atoms in total. The van der Waals surface area contributed by atoms with Crippen molar-refractivity contribution in [2.75, 3.05) is 11.9 Å². The fourth-order valence-electron chi connectivity index (χ4n) is 1.87. The van der Waals surface area contributed by atoms with Gasteiger partial charge in [-0.2, -0.15) is 0 Å². The topological polar surface area (TPSA) is 116 Å². The van der Waals surface area contributed by atoms with Crippen molar-refractivity contribution in [1.29, 1.82) is 0 Å². The zero-order chi connectivity index (χ0) is 14.7. The zero-order valence-corrected chi connectivity index (χ0v) is 10.5. The molecule has 3 atom stereocenters. The Morgan fingerprint density at radius 3 is 2.35 bits per heavy atom. The summed E-state index contributed by atoms with van der Waals surface area (Å²) in [6.45, 7) is -0.1000. The number of hydrogen-bond donors (Lipinski definition) is 4. The maximum atomic E-state index is 11.9. The average Bonchev–Trinajstić information content (AvgIpc) is 2.42. The van der Waals surface area contributed by atoms with E-state index in [2.05, 4.69) is 5.32 Å². The Morgan fingerprint density at radius 1 is 1.15 bits per heavy atom. The molecule has 20 heavy (non-hydrogen) atoms. The number of hydrogen-bond acceptors (Lipinski definition) is 5. The summed E-state index contributed by atoms with van der Waals surface area (Å²) in [7, 11) is 0. The lowest BCUT2D eigenvalue weighted by Crippen LogP contribution is -2.45. The van der Waals surface area contributed by atoms with Crippen LogP contribution in [0.1, 0.15) is 16.8 Å². The van der Waals surface area contributed by atoms with Crippen molar-refractivity contribution in [2.45, 2.75) is 24.7 Å². The van der Waals surface area contributed by atoms with E-state index in [0.29, 0.717) is 5.69 Å². The van der Waals surface area contributed by atoms with Crippen molar-refractivity contribution in [1.82, 2.24) is 0 Å². The van der Waals surface area contributed by atoms with Gasteiger partial charge in [-0.1, -0.05) is 0 Å². The van der Waals surface area contributed by atoms with Gasteiger partial charge < -0.3 is 25.4 Å². The van der Waals surface area contributed by atoms with E-state index < -0.39 is 30.2 Å². The quantitative estimate of drug-likeness (QED) is 0.611. The summed E-state index contributed by atoms with van der Waals surface area (Å²) in [4.78, 5) is 22.6. The van der Waals surface area contributed by atoms with E-state index in [1.807, 2.05) is 0 Å². The molecule has 0 spiro atoms. The predicted octanol–water partition coefficient (Wildman–Crippen LogP) is -0.166. The van der Waals surface area contributed by atoms with E-state index in [0.717, 1.165) is 0 Å². The van der Waals surface area contributed by atoms with Crippen molar-refractivity contribution in [3.05, 3.63) is 29.8 Å². The van der Waals surface area contributed by atoms with Crippen LogP contribution in [0.3, 0.4) is 0 Å². The Bertz CT molecular complexity index is 500. The zero-order valence-electron chi connectivity index (χ0n) is 10.5. The van der Waals surface area contributed by atoms with Crippen LogP contribution in [-0.4, -0.2) is 52.1 Å². The van der Waals surface area contributed by atoms with Crippen LogP contribution in [0.2, 0.25) is 0 Å². The van der Waals surface area contributed by atoms with Gasteiger partial charge in [0.25, 0.3) is 5.91 Å². The molecule has 0 saturated carbocycles. The molecule has 0 unspecified atom stereocenters. The third kappa shape index (κ3) is 3.32. The molecule has 1 fully saturated rings. The molecule has 1 heterocycles. The van der Waals surface area contributed by atoms with Crippen LogP contribution in [-0.2, 0) is 9.53 Å². The van der Waals surface area contributed by atoms with Gasteiger partial charge in [0.2, 0.25) is 0 Å².